The summed E-state index contributed by atoms with van der Waals surface area (Å²) in [5.74, 6) is -0.469. The average Bonchev–Trinajstić information content (AvgIpc) is 3.59. The van der Waals surface area contributed by atoms with E-state index >= 15 is 0 Å². The number of carbonyl (C=O) groups is 1. The van der Waals surface area contributed by atoms with Crippen LogP contribution in [0.3, 0.4) is 0 Å². The number of nitrogens with one attached hydrogen (secondary N) is 2. The lowest BCUT2D eigenvalue weighted by atomic mass is 9.98. The average molecular weight is 540 g/mol. The predicted molar refractivity (Wildman–Crippen MR) is 140 cm³/mol. The molecule has 1 aromatic heterocycles. The van der Waals surface area contributed by atoms with Gasteiger partial charge in [-0.2, -0.15) is 4.72 Å². The van der Waals surface area contributed by atoms with Gasteiger partial charge in [0.1, 0.15) is 11.8 Å². The number of aryl methyl sites for hydroxylation is 1. The standard InChI is InChI=1S/C27H33N5O5S/c1-18-6-9-22(10-7-18)38(35,36)30-24(27(33)34)15-21-17-32(31-29-21)25-12-13-37-26-14-19(8-11-23(25)26)16-28-20-4-2-3-5-20/h6-11,14,17,20,24-25,28,30H,2-5,12-13,15-16H2,1H3,(H,33,34)/t24-,25-/m1/s1. The third-order valence-electron chi connectivity index (χ3n) is 7.25. The van der Waals surface area contributed by atoms with Gasteiger partial charge in [0.15, 0.2) is 0 Å². The first kappa shape index (κ1) is 26.3. The Kier molecular flexibility index (Phi) is 7.78. The topological polar surface area (TPSA) is 135 Å². The summed E-state index contributed by atoms with van der Waals surface area (Å²) in [6.07, 6.45) is 7.28. The van der Waals surface area contributed by atoms with Gasteiger partial charge in [-0.25, -0.2) is 13.1 Å². The zero-order valence-electron chi connectivity index (χ0n) is 21.3. The minimum Gasteiger partial charge on any atom is -0.493 e. The maximum Gasteiger partial charge on any atom is 0.322 e. The van der Waals surface area contributed by atoms with E-state index in [1.54, 1.807) is 23.0 Å². The highest BCUT2D eigenvalue weighted by Crippen LogP contribution is 2.35. The van der Waals surface area contributed by atoms with E-state index in [9.17, 15) is 18.3 Å². The van der Waals surface area contributed by atoms with Crippen molar-refractivity contribution in [3.05, 3.63) is 71.0 Å². The number of nitrogens with zero attached hydrogens (tertiary/aromatic N) is 3. The Morgan fingerprint density at radius 3 is 2.66 bits per heavy atom. The van der Waals surface area contributed by atoms with Crippen molar-refractivity contribution in [1.29, 1.82) is 0 Å². The summed E-state index contributed by atoms with van der Waals surface area (Å²) in [7, 11) is -4.02. The number of sulfonamides is 1. The summed E-state index contributed by atoms with van der Waals surface area (Å²) < 4.78 is 35.5. The molecule has 2 aromatic carbocycles. The van der Waals surface area contributed by atoms with Gasteiger partial charge in [-0.3, -0.25) is 4.79 Å². The smallest absolute Gasteiger partial charge is 0.322 e. The van der Waals surface area contributed by atoms with Gasteiger partial charge in [0.05, 0.1) is 23.2 Å². The van der Waals surface area contributed by atoms with Gasteiger partial charge in [-0.15, -0.1) is 5.10 Å². The quantitative estimate of drug-likeness (QED) is 0.358. The van der Waals surface area contributed by atoms with Crippen molar-refractivity contribution in [3.63, 3.8) is 0 Å². The van der Waals surface area contributed by atoms with Crippen LogP contribution in [0.4, 0.5) is 0 Å². The monoisotopic (exact) mass is 539 g/mol. The molecule has 202 valence electrons. The Hall–Kier alpha value is -3.28. The van der Waals surface area contributed by atoms with Gasteiger partial charge < -0.3 is 15.2 Å². The molecule has 0 amide bonds. The largest absolute Gasteiger partial charge is 0.493 e. The number of ether oxygens (including phenoxy) is 1. The lowest BCUT2D eigenvalue weighted by Gasteiger charge is -2.26. The number of aliphatic carboxylic acids is 1. The van der Waals surface area contributed by atoms with E-state index in [0.29, 0.717) is 24.8 Å². The molecule has 3 N–H and O–H groups in total. The molecule has 0 spiro atoms. The number of benzene rings is 2. The van der Waals surface area contributed by atoms with Gasteiger partial charge in [-0.05, 0) is 43.5 Å². The summed E-state index contributed by atoms with van der Waals surface area (Å²) in [5.41, 5.74) is 3.45. The van der Waals surface area contributed by atoms with Gasteiger partial charge in [0.25, 0.3) is 0 Å². The van der Waals surface area contributed by atoms with E-state index in [1.807, 2.05) is 6.92 Å². The van der Waals surface area contributed by atoms with Crippen LogP contribution in [0, 0.1) is 6.92 Å². The van der Waals surface area contributed by atoms with Crippen LogP contribution in [0.2, 0.25) is 0 Å². The zero-order valence-corrected chi connectivity index (χ0v) is 22.2. The van der Waals surface area contributed by atoms with Gasteiger partial charge in [-0.1, -0.05) is 47.9 Å². The first-order valence-electron chi connectivity index (χ1n) is 13.0. The lowest BCUT2D eigenvalue weighted by molar-refractivity contribution is -0.138. The molecule has 0 saturated heterocycles. The van der Waals surface area contributed by atoms with Crippen molar-refractivity contribution < 1.29 is 23.1 Å². The molecule has 10 nitrogen and oxygen atoms in total. The number of hydrogen-bond acceptors (Lipinski definition) is 7. The molecule has 1 aliphatic heterocycles. The molecule has 2 atom stereocenters. The van der Waals surface area contributed by atoms with Crippen LogP contribution in [0.25, 0.3) is 0 Å². The van der Waals surface area contributed by atoms with Gasteiger partial charge >= 0.3 is 5.97 Å². The van der Waals surface area contributed by atoms with Crippen molar-refractivity contribution in [1.82, 2.24) is 25.0 Å². The number of carboxylic acids is 1. The zero-order chi connectivity index (χ0) is 26.7. The number of hydrogen-bond donors (Lipinski definition) is 3. The van der Waals surface area contributed by atoms with Crippen molar-refractivity contribution >= 4 is 16.0 Å². The molecule has 1 fully saturated rings. The van der Waals surface area contributed by atoms with E-state index in [-0.39, 0.29) is 17.4 Å². The van der Waals surface area contributed by atoms with Crippen LogP contribution in [-0.4, -0.2) is 53.2 Å². The third-order valence-corrected chi connectivity index (χ3v) is 8.74. The van der Waals surface area contributed by atoms with E-state index in [2.05, 4.69) is 38.6 Å². The fourth-order valence-corrected chi connectivity index (χ4v) is 6.30. The van der Waals surface area contributed by atoms with E-state index in [4.69, 9.17) is 4.74 Å². The minimum absolute atomic E-state index is 0.00892. The Bertz CT molecular complexity index is 1380. The summed E-state index contributed by atoms with van der Waals surface area (Å²) in [5, 5.41) is 21.7. The molecule has 0 bridgehead atoms. The molecule has 0 radical (unpaired) electrons. The molecule has 2 aliphatic rings. The molecule has 38 heavy (non-hydrogen) atoms. The van der Waals surface area contributed by atoms with Crippen LogP contribution in [0.1, 0.15) is 60.5 Å². The number of fused-ring (bicyclic) bond motifs is 1. The van der Waals surface area contributed by atoms with Gasteiger partial charge in [0, 0.05) is 37.2 Å². The SMILES string of the molecule is Cc1ccc(S(=O)(=O)N[C@H](Cc2cn([C@@H]3CCOc4cc(CNC5CCCC5)ccc43)nn2)C(=O)O)cc1. The Morgan fingerprint density at radius 2 is 1.92 bits per heavy atom. The highest BCUT2D eigenvalue weighted by Gasteiger charge is 2.29. The molecule has 1 aliphatic carbocycles. The second-order valence-corrected chi connectivity index (χ2v) is 11.8. The molecular formula is C27H33N5O5S. The van der Waals surface area contributed by atoms with Crippen molar-refractivity contribution in [3.8, 4) is 5.75 Å². The third kappa shape index (κ3) is 6.06. The molecule has 11 heteroatoms. The highest BCUT2D eigenvalue weighted by atomic mass is 32.2. The summed E-state index contributed by atoms with van der Waals surface area (Å²) in [4.78, 5) is 11.9. The van der Waals surface area contributed by atoms with Gasteiger partial charge in [0.2, 0.25) is 10.0 Å². The summed E-state index contributed by atoms with van der Waals surface area (Å²) in [6.45, 7) is 3.17. The van der Waals surface area contributed by atoms with Crippen LogP contribution < -0.4 is 14.8 Å². The van der Waals surface area contributed by atoms with Crippen molar-refractivity contribution in [2.24, 2.45) is 0 Å². The maximum absolute atomic E-state index is 12.8. The number of aromatic nitrogens is 3. The summed E-state index contributed by atoms with van der Waals surface area (Å²) in [6, 6.07) is 11.5. The molecule has 3 aromatic rings. The fraction of sp³-hybridized carbons (Fsp3) is 0.444. The minimum atomic E-state index is -4.02. The predicted octanol–water partition coefficient (Wildman–Crippen LogP) is 2.96. The van der Waals surface area contributed by atoms with Crippen LogP contribution >= 0.6 is 0 Å². The molecule has 1 saturated carbocycles. The Morgan fingerprint density at radius 1 is 1.16 bits per heavy atom. The lowest BCUT2D eigenvalue weighted by Crippen LogP contribution is -2.42. The molecule has 0 unspecified atom stereocenters. The van der Waals surface area contributed by atoms with E-state index in [0.717, 1.165) is 23.4 Å². The number of rotatable bonds is 10. The van der Waals surface area contributed by atoms with Crippen LogP contribution in [0.15, 0.2) is 53.6 Å². The highest BCUT2D eigenvalue weighted by molar-refractivity contribution is 7.89. The summed E-state index contributed by atoms with van der Waals surface area (Å²) >= 11 is 0. The van der Waals surface area contributed by atoms with Crippen molar-refractivity contribution in [2.45, 2.75) is 75.0 Å². The normalized spacial score (nSPS) is 18.6. The number of carboxylic acid groups (broad SMARTS) is 1. The Labute approximate surface area is 222 Å². The molecule has 5 rings (SSSR count). The van der Waals surface area contributed by atoms with Crippen LogP contribution in [0.5, 0.6) is 5.75 Å². The van der Waals surface area contributed by atoms with E-state index in [1.165, 1.54) is 43.4 Å². The second-order valence-electron chi connectivity index (χ2n) is 10.1. The fourth-order valence-electron chi connectivity index (χ4n) is 5.11. The first-order chi connectivity index (χ1) is 18.3. The first-order valence-corrected chi connectivity index (χ1v) is 14.5. The Balaban J connectivity index is 1.27. The van der Waals surface area contributed by atoms with E-state index < -0.39 is 22.0 Å². The molecule has 2 heterocycles. The van der Waals surface area contributed by atoms with Crippen LogP contribution in [-0.2, 0) is 27.8 Å². The molecular weight excluding hydrogens is 506 g/mol. The second kappa shape index (κ2) is 11.2. The maximum atomic E-state index is 12.8. The van der Waals surface area contributed by atoms with Crippen molar-refractivity contribution in [2.75, 3.05) is 6.61 Å².